The van der Waals surface area contributed by atoms with Gasteiger partial charge in [0.25, 0.3) is 5.91 Å². The van der Waals surface area contributed by atoms with Crippen LogP contribution in [-0.2, 0) is 22.3 Å². The molecule has 0 bridgehead atoms. The van der Waals surface area contributed by atoms with Crippen LogP contribution in [0.5, 0.6) is 0 Å². The minimum absolute atomic E-state index is 0.0379. The van der Waals surface area contributed by atoms with Crippen LogP contribution in [0.15, 0.2) is 24.7 Å². The number of piperidine rings is 1. The zero-order valence-electron chi connectivity index (χ0n) is 16.2. The molecule has 0 aromatic carbocycles. The van der Waals surface area contributed by atoms with Crippen molar-refractivity contribution in [2.75, 3.05) is 25.4 Å². The van der Waals surface area contributed by atoms with E-state index in [4.69, 9.17) is 10.5 Å². The molecule has 1 spiro atoms. The Morgan fingerprint density at radius 3 is 2.70 bits per heavy atom. The van der Waals surface area contributed by atoms with Crippen LogP contribution >= 0.6 is 0 Å². The Bertz CT molecular complexity index is 859. The van der Waals surface area contributed by atoms with Crippen LogP contribution in [0.2, 0.25) is 0 Å². The van der Waals surface area contributed by atoms with E-state index in [9.17, 15) is 4.79 Å². The van der Waals surface area contributed by atoms with E-state index in [2.05, 4.69) is 35.3 Å². The molecule has 1 amide bonds. The lowest BCUT2D eigenvalue weighted by Gasteiger charge is -2.44. The molecule has 2 aromatic heterocycles. The number of ether oxygens (including phenoxy) is 1. The second kappa shape index (κ2) is 6.34. The number of nitrogens with two attached hydrogens (primary N) is 1. The number of hydrogen-bond donors (Lipinski definition) is 1. The quantitative estimate of drug-likeness (QED) is 0.834. The third-order valence-electron chi connectivity index (χ3n) is 5.64. The monoisotopic (exact) mass is 369 g/mol. The number of anilines is 1. The van der Waals surface area contributed by atoms with Gasteiger partial charge >= 0.3 is 0 Å². The Balaban J connectivity index is 1.51. The van der Waals surface area contributed by atoms with Crippen molar-refractivity contribution in [2.45, 2.75) is 51.2 Å². The Morgan fingerprint density at radius 2 is 2.04 bits per heavy atom. The number of amides is 1. The fourth-order valence-electron chi connectivity index (χ4n) is 4.00. The lowest BCUT2D eigenvalue weighted by Crippen LogP contribution is -2.49. The van der Waals surface area contributed by atoms with E-state index in [0.29, 0.717) is 19.7 Å². The fraction of sp³-hybridized carbons (Fsp3) is 0.550. The smallest absolute Gasteiger partial charge is 0.255 e. The molecule has 4 rings (SSSR count). The van der Waals surface area contributed by atoms with Crippen molar-refractivity contribution >= 4 is 11.9 Å². The van der Waals surface area contributed by atoms with Crippen LogP contribution in [0.3, 0.4) is 0 Å². The number of carbonyl (C=O) groups excluding carboxylic acids is 1. The number of rotatable bonds is 1. The molecule has 27 heavy (non-hydrogen) atoms. The van der Waals surface area contributed by atoms with Gasteiger partial charge < -0.3 is 19.9 Å². The zero-order valence-corrected chi connectivity index (χ0v) is 16.2. The van der Waals surface area contributed by atoms with Gasteiger partial charge in [-0.15, -0.1) is 0 Å². The highest BCUT2D eigenvalue weighted by atomic mass is 16.5. The van der Waals surface area contributed by atoms with Gasteiger partial charge in [0.05, 0.1) is 17.9 Å². The summed E-state index contributed by atoms with van der Waals surface area (Å²) in [7, 11) is 0. The van der Waals surface area contributed by atoms with Crippen LogP contribution < -0.4 is 5.73 Å². The van der Waals surface area contributed by atoms with Crippen LogP contribution in [0.1, 0.15) is 55.2 Å². The van der Waals surface area contributed by atoms with Crippen molar-refractivity contribution in [3.05, 3.63) is 41.5 Å². The van der Waals surface area contributed by atoms with Crippen molar-refractivity contribution in [3.8, 4) is 0 Å². The summed E-state index contributed by atoms with van der Waals surface area (Å²) >= 11 is 0. The molecular formula is C20H27N5O2. The Labute approximate surface area is 159 Å². The molecule has 0 radical (unpaired) electrons. The van der Waals surface area contributed by atoms with Gasteiger partial charge in [0, 0.05) is 37.2 Å². The lowest BCUT2D eigenvalue weighted by atomic mass is 9.83. The third-order valence-corrected chi connectivity index (χ3v) is 5.64. The number of hydrogen-bond acceptors (Lipinski definition) is 5. The molecular weight excluding hydrogens is 342 g/mol. The van der Waals surface area contributed by atoms with Gasteiger partial charge in [0.1, 0.15) is 5.60 Å². The summed E-state index contributed by atoms with van der Waals surface area (Å²) in [4.78, 5) is 23.5. The van der Waals surface area contributed by atoms with Crippen molar-refractivity contribution < 1.29 is 9.53 Å². The first-order valence-electron chi connectivity index (χ1n) is 9.52. The molecule has 4 heterocycles. The largest absolute Gasteiger partial charge is 0.368 e. The molecule has 2 aromatic rings. The molecule has 1 fully saturated rings. The molecule has 7 heteroatoms. The summed E-state index contributed by atoms with van der Waals surface area (Å²) in [5, 5.41) is 0. The second-order valence-electron chi connectivity index (χ2n) is 8.47. The molecule has 0 saturated carbocycles. The SMILES string of the molecule is CC(C)(C)n1ccc(C(=O)N2CCC3(CC2)OCCc2cnc(N)nc23)c1. The van der Waals surface area contributed by atoms with Crippen molar-refractivity contribution in [3.63, 3.8) is 0 Å². The summed E-state index contributed by atoms with van der Waals surface area (Å²) in [6.45, 7) is 8.31. The van der Waals surface area contributed by atoms with Crippen molar-refractivity contribution in [1.82, 2.24) is 19.4 Å². The number of carbonyl (C=O) groups is 1. The number of aromatic nitrogens is 3. The van der Waals surface area contributed by atoms with Gasteiger partial charge in [0.15, 0.2) is 0 Å². The third kappa shape index (κ3) is 3.20. The highest BCUT2D eigenvalue weighted by molar-refractivity contribution is 5.94. The molecule has 2 N–H and O–H groups in total. The van der Waals surface area contributed by atoms with Crippen molar-refractivity contribution in [2.24, 2.45) is 0 Å². The number of fused-ring (bicyclic) bond motifs is 2. The molecule has 2 aliphatic rings. The Hall–Kier alpha value is -2.41. The Morgan fingerprint density at radius 1 is 1.30 bits per heavy atom. The maximum Gasteiger partial charge on any atom is 0.255 e. The summed E-state index contributed by atoms with van der Waals surface area (Å²) in [5.41, 5.74) is 8.08. The van der Waals surface area contributed by atoms with Gasteiger partial charge in [-0.05, 0) is 51.7 Å². The minimum Gasteiger partial charge on any atom is -0.368 e. The molecule has 2 aliphatic heterocycles. The molecule has 7 nitrogen and oxygen atoms in total. The molecule has 0 unspecified atom stereocenters. The van der Waals surface area contributed by atoms with E-state index in [-0.39, 0.29) is 17.4 Å². The summed E-state index contributed by atoms with van der Waals surface area (Å²) in [5.74, 6) is 0.353. The fourth-order valence-corrected chi connectivity index (χ4v) is 4.00. The average molecular weight is 369 g/mol. The summed E-state index contributed by atoms with van der Waals surface area (Å²) in [6, 6.07) is 1.90. The lowest BCUT2D eigenvalue weighted by molar-refractivity contribution is -0.0966. The van der Waals surface area contributed by atoms with E-state index in [1.807, 2.05) is 29.6 Å². The average Bonchev–Trinajstić information content (AvgIpc) is 3.13. The van der Waals surface area contributed by atoms with Gasteiger partial charge in [-0.1, -0.05) is 0 Å². The topological polar surface area (TPSA) is 86.3 Å². The molecule has 1 saturated heterocycles. The van der Waals surface area contributed by atoms with E-state index < -0.39 is 5.60 Å². The van der Waals surface area contributed by atoms with Crippen LogP contribution in [0.4, 0.5) is 5.95 Å². The minimum atomic E-state index is -0.446. The second-order valence-corrected chi connectivity index (χ2v) is 8.47. The number of nitrogen functional groups attached to an aromatic ring is 1. The first-order chi connectivity index (χ1) is 12.8. The van der Waals surface area contributed by atoms with Gasteiger partial charge in [-0.2, -0.15) is 0 Å². The summed E-state index contributed by atoms with van der Waals surface area (Å²) in [6.07, 6.45) is 7.98. The standard InChI is InChI=1S/C20H27N5O2/c1-19(2,3)25-8-4-15(13-25)17(26)24-9-6-20(7-10-24)16-14(5-11-27-20)12-22-18(21)23-16/h4,8,12-13H,5-7,9-11H2,1-3H3,(H2,21,22,23). The Kier molecular flexibility index (Phi) is 4.22. The zero-order chi connectivity index (χ0) is 19.2. The summed E-state index contributed by atoms with van der Waals surface area (Å²) < 4.78 is 8.26. The number of likely N-dealkylation sites (tertiary alicyclic amines) is 1. The highest BCUT2D eigenvalue weighted by Crippen LogP contribution is 2.40. The van der Waals surface area contributed by atoms with Crippen LogP contribution in [0.25, 0.3) is 0 Å². The number of nitrogens with zero attached hydrogens (tertiary/aromatic N) is 4. The van der Waals surface area contributed by atoms with Gasteiger partial charge in [0.2, 0.25) is 5.95 Å². The van der Waals surface area contributed by atoms with E-state index in [0.717, 1.165) is 36.1 Å². The van der Waals surface area contributed by atoms with E-state index in [1.165, 1.54) is 0 Å². The highest BCUT2D eigenvalue weighted by Gasteiger charge is 2.43. The van der Waals surface area contributed by atoms with Crippen LogP contribution in [0, 0.1) is 0 Å². The maximum absolute atomic E-state index is 12.9. The van der Waals surface area contributed by atoms with E-state index >= 15 is 0 Å². The van der Waals surface area contributed by atoms with Crippen molar-refractivity contribution in [1.29, 1.82) is 0 Å². The van der Waals surface area contributed by atoms with Gasteiger partial charge in [-0.3, -0.25) is 4.79 Å². The maximum atomic E-state index is 12.9. The predicted molar refractivity (Wildman–Crippen MR) is 102 cm³/mol. The molecule has 0 aliphatic carbocycles. The van der Waals surface area contributed by atoms with Gasteiger partial charge in [-0.25, -0.2) is 9.97 Å². The molecule has 0 atom stereocenters. The molecule has 144 valence electrons. The first-order valence-corrected chi connectivity index (χ1v) is 9.52. The van der Waals surface area contributed by atoms with Crippen LogP contribution in [-0.4, -0.2) is 45.0 Å². The van der Waals surface area contributed by atoms with E-state index in [1.54, 1.807) is 0 Å². The first kappa shape index (κ1) is 18.0. The normalized spacial score (nSPS) is 19.1. The predicted octanol–water partition coefficient (Wildman–Crippen LogP) is 2.32.